The Bertz CT molecular complexity index is 399. The van der Waals surface area contributed by atoms with Gasteiger partial charge < -0.3 is 10.1 Å². The largest absolute Gasteiger partial charge is 0.377 e. The number of hydrogen-bond acceptors (Lipinski definition) is 3. The molecule has 1 aliphatic carbocycles. The number of ether oxygens (including phenoxy) is 1. The molecular formula is C15H24ClNOS. The summed E-state index contributed by atoms with van der Waals surface area (Å²) in [6.07, 6.45) is 5.81. The minimum Gasteiger partial charge on any atom is -0.377 e. The molecule has 0 aromatic carbocycles. The summed E-state index contributed by atoms with van der Waals surface area (Å²) in [4.78, 5) is 1.33. The molecule has 1 aromatic heterocycles. The first-order valence-electron chi connectivity index (χ1n) is 7.06. The van der Waals surface area contributed by atoms with Crippen molar-refractivity contribution in [1.29, 1.82) is 0 Å². The Labute approximate surface area is 125 Å². The topological polar surface area (TPSA) is 21.3 Å². The molecule has 0 amide bonds. The average Bonchev–Trinajstić information content (AvgIpc) is 2.83. The molecule has 1 aromatic rings. The number of halogens is 1. The average molecular weight is 302 g/mol. The Balaban J connectivity index is 2.10. The van der Waals surface area contributed by atoms with Crippen LogP contribution in [0.2, 0.25) is 4.34 Å². The van der Waals surface area contributed by atoms with E-state index in [1.807, 2.05) is 20.2 Å². The number of likely N-dealkylation sites (N-methyl/N-ethyl adjacent to an activating group) is 1. The molecule has 1 saturated carbocycles. The molecule has 0 bridgehead atoms. The fraction of sp³-hybridized carbons (Fsp3) is 0.733. The van der Waals surface area contributed by atoms with Crippen molar-refractivity contribution >= 4 is 22.9 Å². The Hall–Kier alpha value is -0.0900. The molecule has 4 heteroatoms. The number of thiophene rings is 1. The maximum Gasteiger partial charge on any atom is 0.0931 e. The standard InChI is InChI=1S/C15H24ClNOS/c1-11-6-8-15(18-3,9-7-11)13(17-2)10-12-4-5-14(16)19-12/h4-5,11,13,17H,6-10H2,1-3H3. The summed E-state index contributed by atoms with van der Waals surface area (Å²) in [6, 6.07) is 4.47. The molecule has 0 spiro atoms. The van der Waals surface area contributed by atoms with Crippen LogP contribution in [0.1, 0.15) is 37.5 Å². The third-order valence-electron chi connectivity index (χ3n) is 4.54. The fourth-order valence-electron chi connectivity index (χ4n) is 3.16. The lowest BCUT2D eigenvalue weighted by Gasteiger charge is -2.44. The minimum atomic E-state index is -0.0161. The molecule has 1 unspecified atom stereocenters. The first-order chi connectivity index (χ1) is 9.09. The maximum atomic E-state index is 6.03. The van der Waals surface area contributed by atoms with E-state index in [1.165, 1.54) is 17.7 Å². The van der Waals surface area contributed by atoms with Gasteiger partial charge in [0.1, 0.15) is 0 Å². The van der Waals surface area contributed by atoms with Gasteiger partial charge >= 0.3 is 0 Å². The van der Waals surface area contributed by atoms with Crippen LogP contribution in [0.5, 0.6) is 0 Å². The van der Waals surface area contributed by atoms with Gasteiger partial charge in [-0.2, -0.15) is 0 Å². The van der Waals surface area contributed by atoms with E-state index in [9.17, 15) is 0 Å². The second kappa shape index (κ2) is 6.57. The van der Waals surface area contributed by atoms with Crippen molar-refractivity contribution in [3.8, 4) is 0 Å². The third-order valence-corrected chi connectivity index (χ3v) is 5.80. The van der Waals surface area contributed by atoms with Crippen molar-refractivity contribution in [1.82, 2.24) is 5.32 Å². The van der Waals surface area contributed by atoms with Gasteiger partial charge in [-0.1, -0.05) is 18.5 Å². The summed E-state index contributed by atoms with van der Waals surface area (Å²) in [5, 5.41) is 3.47. The van der Waals surface area contributed by atoms with Gasteiger partial charge in [0.2, 0.25) is 0 Å². The second-order valence-electron chi connectivity index (χ2n) is 5.70. The highest BCUT2D eigenvalue weighted by Gasteiger charge is 2.40. The predicted octanol–water partition coefficient (Wildman–Crippen LogP) is 4.13. The lowest BCUT2D eigenvalue weighted by atomic mass is 9.74. The van der Waals surface area contributed by atoms with E-state index in [0.29, 0.717) is 6.04 Å². The molecule has 1 aliphatic rings. The van der Waals surface area contributed by atoms with Crippen molar-refractivity contribution in [3.63, 3.8) is 0 Å². The zero-order valence-electron chi connectivity index (χ0n) is 12.0. The molecule has 19 heavy (non-hydrogen) atoms. The Morgan fingerprint density at radius 3 is 2.63 bits per heavy atom. The van der Waals surface area contributed by atoms with Crippen LogP contribution in [0.4, 0.5) is 0 Å². The Morgan fingerprint density at radius 2 is 2.16 bits per heavy atom. The highest BCUT2D eigenvalue weighted by Crippen LogP contribution is 2.38. The number of hydrogen-bond donors (Lipinski definition) is 1. The molecule has 0 aliphatic heterocycles. The van der Waals surface area contributed by atoms with Gasteiger partial charge in [0.15, 0.2) is 0 Å². The summed E-state index contributed by atoms with van der Waals surface area (Å²) in [7, 11) is 3.90. The van der Waals surface area contributed by atoms with Crippen molar-refractivity contribution < 1.29 is 4.74 Å². The van der Waals surface area contributed by atoms with E-state index in [2.05, 4.69) is 18.3 Å². The summed E-state index contributed by atoms with van der Waals surface area (Å²) in [6.45, 7) is 2.34. The summed E-state index contributed by atoms with van der Waals surface area (Å²) in [5.41, 5.74) is -0.0161. The molecule has 1 N–H and O–H groups in total. The molecule has 2 rings (SSSR count). The van der Waals surface area contributed by atoms with E-state index in [4.69, 9.17) is 16.3 Å². The van der Waals surface area contributed by atoms with E-state index >= 15 is 0 Å². The van der Waals surface area contributed by atoms with Crippen LogP contribution in [0.25, 0.3) is 0 Å². The zero-order valence-corrected chi connectivity index (χ0v) is 13.6. The first-order valence-corrected chi connectivity index (χ1v) is 8.25. The van der Waals surface area contributed by atoms with Crippen molar-refractivity contribution in [3.05, 3.63) is 21.3 Å². The molecule has 0 radical (unpaired) electrons. The molecule has 1 fully saturated rings. The van der Waals surface area contributed by atoms with E-state index < -0.39 is 0 Å². The zero-order chi connectivity index (χ0) is 13.9. The molecule has 0 saturated heterocycles. The lowest BCUT2D eigenvalue weighted by Crippen LogP contribution is -2.53. The van der Waals surface area contributed by atoms with Crippen LogP contribution in [0, 0.1) is 5.92 Å². The van der Waals surface area contributed by atoms with Gasteiger partial charge in [-0.3, -0.25) is 0 Å². The monoisotopic (exact) mass is 301 g/mol. The summed E-state index contributed by atoms with van der Waals surface area (Å²) < 4.78 is 6.84. The maximum absolute atomic E-state index is 6.03. The third kappa shape index (κ3) is 3.52. The SMILES string of the molecule is CNC(Cc1ccc(Cl)s1)C1(OC)CCC(C)CC1. The van der Waals surface area contributed by atoms with Crippen molar-refractivity contribution in [2.24, 2.45) is 5.92 Å². The highest BCUT2D eigenvalue weighted by atomic mass is 35.5. The first kappa shape index (κ1) is 15.3. The van der Waals surface area contributed by atoms with Gasteiger partial charge in [-0.25, -0.2) is 0 Å². The minimum absolute atomic E-state index is 0.0161. The normalized spacial score (nSPS) is 29.4. The molecule has 108 valence electrons. The van der Waals surface area contributed by atoms with E-state index in [-0.39, 0.29) is 5.60 Å². The van der Waals surface area contributed by atoms with Gasteiger partial charge in [-0.15, -0.1) is 11.3 Å². The smallest absolute Gasteiger partial charge is 0.0931 e. The quantitative estimate of drug-likeness (QED) is 0.883. The molecule has 1 atom stereocenters. The van der Waals surface area contributed by atoms with E-state index in [1.54, 1.807) is 11.3 Å². The Morgan fingerprint density at radius 1 is 1.47 bits per heavy atom. The molecule has 2 nitrogen and oxygen atoms in total. The summed E-state index contributed by atoms with van der Waals surface area (Å²) >= 11 is 7.70. The second-order valence-corrected chi connectivity index (χ2v) is 7.50. The van der Waals surface area contributed by atoms with E-state index in [0.717, 1.165) is 29.5 Å². The molecule has 1 heterocycles. The summed E-state index contributed by atoms with van der Waals surface area (Å²) in [5.74, 6) is 0.831. The van der Waals surface area contributed by atoms with Crippen LogP contribution < -0.4 is 5.32 Å². The van der Waals surface area contributed by atoms with Crippen LogP contribution in [0.3, 0.4) is 0 Å². The number of methoxy groups -OCH3 is 1. The van der Waals surface area contributed by atoms with Crippen molar-refractivity contribution in [2.75, 3.05) is 14.2 Å². The van der Waals surface area contributed by atoms with Gasteiger partial charge in [-0.05, 0) is 57.2 Å². The number of nitrogens with one attached hydrogen (secondary N) is 1. The van der Waals surface area contributed by atoms with Crippen LogP contribution in [0.15, 0.2) is 12.1 Å². The predicted molar refractivity (Wildman–Crippen MR) is 83.3 cm³/mol. The lowest BCUT2D eigenvalue weighted by molar-refractivity contribution is -0.0729. The van der Waals surface area contributed by atoms with Crippen LogP contribution >= 0.6 is 22.9 Å². The Kier molecular flexibility index (Phi) is 5.29. The van der Waals surface area contributed by atoms with Gasteiger partial charge in [0, 0.05) is 18.0 Å². The van der Waals surface area contributed by atoms with Crippen LogP contribution in [-0.4, -0.2) is 25.8 Å². The molecular weight excluding hydrogens is 278 g/mol. The van der Waals surface area contributed by atoms with Crippen molar-refractivity contribution in [2.45, 2.75) is 50.7 Å². The number of rotatable bonds is 5. The van der Waals surface area contributed by atoms with Gasteiger partial charge in [0.05, 0.1) is 9.94 Å². The fourth-order valence-corrected chi connectivity index (χ4v) is 4.29. The highest BCUT2D eigenvalue weighted by molar-refractivity contribution is 7.16. The van der Waals surface area contributed by atoms with Gasteiger partial charge in [0.25, 0.3) is 0 Å². The van der Waals surface area contributed by atoms with Crippen LogP contribution in [-0.2, 0) is 11.2 Å².